The highest BCUT2D eigenvalue weighted by Gasteiger charge is 2.20. The molecule has 1 unspecified atom stereocenters. The number of hydrogen-bond donors (Lipinski definition) is 1. The van der Waals surface area contributed by atoms with Crippen LogP contribution in [0.15, 0.2) is 24.3 Å². The average Bonchev–Trinajstić information content (AvgIpc) is 2.93. The largest absolute Gasteiger partial charge is 0.366 e. The monoisotopic (exact) mass is 289 g/mol. The van der Waals surface area contributed by atoms with E-state index in [4.69, 9.17) is 4.74 Å². The number of ether oxygens (including phenoxy) is 1. The number of aromatic nitrogens is 2. The van der Waals surface area contributed by atoms with Crippen molar-refractivity contribution in [2.24, 2.45) is 0 Å². The maximum absolute atomic E-state index is 6.07. The van der Waals surface area contributed by atoms with E-state index in [1.54, 1.807) is 11.3 Å². The Morgan fingerprint density at radius 1 is 1.35 bits per heavy atom. The van der Waals surface area contributed by atoms with Crippen molar-refractivity contribution in [1.82, 2.24) is 10.2 Å². The van der Waals surface area contributed by atoms with Crippen LogP contribution in [0, 0.1) is 0 Å². The molecule has 0 fully saturated rings. The molecule has 1 N–H and O–H groups in total. The molecule has 0 aliphatic heterocycles. The number of rotatable bonds is 5. The van der Waals surface area contributed by atoms with Crippen molar-refractivity contribution in [2.75, 3.05) is 11.9 Å². The summed E-state index contributed by atoms with van der Waals surface area (Å²) in [5.74, 6) is 0. The second-order valence-corrected chi connectivity index (χ2v) is 5.98. The van der Waals surface area contributed by atoms with Crippen molar-refractivity contribution < 1.29 is 4.74 Å². The Bertz CT molecular complexity index is 570. The van der Waals surface area contributed by atoms with Crippen LogP contribution in [-0.4, -0.2) is 16.7 Å². The third kappa shape index (κ3) is 2.99. The van der Waals surface area contributed by atoms with Crippen LogP contribution >= 0.6 is 11.3 Å². The van der Waals surface area contributed by atoms with Crippen LogP contribution in [0.1, 0.15) is 42.0 Å². The Kier molecular flexibility index (Phi) is 4.28. The average molecular weight is 289 g/mol. The van der Waals surface area contributed by atoms with Gasteiger partial charge in [0.25, 0.3) is 0 Å². The number of fused-ring (bicyclic) bond motifs is 1. The molecule has 106 valence electrons. The van der Waals surface area contributed by atoms with Gasteiger partial charge >= 0.3 is 0 Å². The molecule has 0 saturated heterocycles. The van der Waals surface area contributed by atoms with Gasteiger partial charge in [0.05, 0.1) is 6.10 Å². The third-order valence-electron chi connectivity index (χ3n) is 3.52. The molecule has 1 heterocycles. The molecular weight excluding hydrogens is 270 g/mol. The van der Waals surface area contributed by atoms with Gasteiger partial charge in [0, 0.05) is 6.54 Å². The summed E-state index contributed by atoms with van der Waals surface area (Å²) in [6.07, 6.45) is 3.65. The van der Waals surface area contributed by atoms with Crippen LogP contribution in [0.5, 0.6) is 0 Å². The van der Waals surface area contributed by atoms with Gasteiger partial charge < -0.3 is 10.1 Å². The minimum absolute atomic E-state index is 0.200. The van der Waals surface area contributed by atoms with Gasteiger partial charge in [0.1, 0.15) is 11.6 Å². The number of hydrogen-bond acceptors (Lipinski definition) is 5. The highest BCUT2D eigenvalue weighted by molar-refractivity contribution is 7.15. The van der Waals surface area contributed by atoms with Gasteiger partial charge in [-0.3, -0.25) is 0 Å². The minimum atomic E-state index is 0.200. The standard InChI is InChI=1S/C15H19N3OS/c1-2-16-15-18-17-14(20-15)10-19-13-9-5-7-11-6-3-4-8-12(11)13/h3-4,6,8,13H,2,5,7,9-10H2,1H3,(H,16,18). The zero-order valence-corrected chi connectivity index (χ0v) is 12.4. The molecule has 3 rings (SSSR count). The van der Waals surface area contributed by atoms with Crippen LogP contribution in [0.4, 0.5) is 5.13 Å². The van der Waals surface area contributed by atoms with E-state index in [0.717, 1.165) is 23.1 Å². The van der Waals surface area contributed by atoms with Crippen LogP contribution in [-0.2, 0) is 17.8 Å². The van der Waals surface area contributed by atoms with Gasteiger partial charge in [-0.05, 0) is 37.3 Å². The van der Waals surface area contributed by atoms with Crippen LogP contribution < -0.4 is 5.32 Å². The first kappa shape index (κ1) is 13.5. The van der Waals surface area contributed by atoms with E-state index in [9.17, 15) is 0 Å². The van der Waals surface area contributed by atoms with Gasteiger partial charge in [-0.25, -0.2) is 0 Å². The summed E-state index contributed by atoms with van der Waals surface area (Å²) in [7, 11) is 0. The fraction of sp³-hybridized carbons (Fsp3) is 0.467. The molecule has 0 bridgehead atoms. The van der Waals surface area contributed by atoms with Crippen molar-refractivity contribution >= 4 is 16.5 Å². The lowest BCUT2D eigenvalue weighted by molar-refractivity contribution is 0.0279. The summed E-state index contributed by atoms with van der Waals surface area (Å²) < 4.78 is 6.07. The first-order valence-electron chi connectivity index (χ1n) is 7.12. The summed E-state index contributed by atoms with van der Waals surface area (Å²) in [6.45, 7) is 3.46. The molecule has 5 heteroatoms. The molecular formula is C15H19N3OS. The van der Waals surface area contributed by atoms with Gasteiger partial charge in [0.15, 0.2) is 0 Å². The first-order chi connectivity index (χ1) is 9.86. The van der Waals surface area contributed by atoms with Crippen molar-refractivity contribution in [2.45, 2.75) is 38.9 Å². The van der Waals surface area contributed by atoms with Crippen LogP contribution in [0.3, 0.4) is 0 Å². The SMILES string of the molecule is CCNc1nnc(COC2CCCc3ccccc32)s1. The van der Waals surface area contributed by atoms with Gasteiger partial charge in [-0.1, -0.05) is 35.6 Å². The summed E-state index contributed by atoms with van der Waals surface area (Å²) in [4.78, 5) is 0. The van der Waals surface area contributed by atoms with E-state index in [-0.39, 0.29) is 6.10 Å². The lowest BCUT2D eigenvalue weighted by atomic mass is 9.89. The number of anilines is 1. The number of benzene rings is 1. The molecule has 1 aromatic heterocycles. The highest BCUT2D eigenvalue weighted by Crippen LogP contribution is 2.33. The van der Waals surface area contributed by atoms with E-state index in [2.05, 4.69) is 46.7 Å². The third-order valence-corrected chi connectivity index (χ3v) is 4.37. The van der Waals surface area contributed by atoms with Crippen molar-refractivity contribution in [3.63, 3.8) is 0 Å². The predicted octanol–water partition coefficient (Wildman–Crippen LogP) is 3.56. The van der Waals surface area contributed by atoms with Gasteiger partial charge in [-0.15, -0.1) is 10.2 Å². The maximum Gasteiger partial charge on any atom is 0.205 e. The molecule has 0 spiro atoms. The van der Waals surface area contributed by atoms with Crippen molar-refractivity contribution in [3.8, 4) is 0 Å². The Morgan fingerprint density at radius 3 is 3.15 bits per heavy atom. The van der Waals surface area contributed by atoms with Crippen LogP contribution in [0.2, 0.25) is 0 Å². The summed E-state index contributed by atoms with van der Waals surface area (Å²) in [5.41, 5.74) is 2.77. The van der Waals surface area contributed by atoms with Gasteiger partial charge in [0.2, 0.25) is 5.13 Å². The molecule has 1 aliphatic carbocycles. The second-order valence-electron chi connectivity index (χ2n) is 4.92. The molecule has 0 amide bonds. The van der Waals surface area contributed by atoms with Crippen LogP contribution in [0.25, 0.3) is 0 Å². The zero-order valence-electron chi connectivity index (χ0n) is 11.6. The van der Waals surface area contributed by atoms with E-state index in [1.165, 1.54) is 24.0 Å². The molecule has 20 heavy (non-hydrogen) atoms. The smallest absolute Gasteiger partial charge is 0.205 e. The van der Waals surface area contributed by atoms with E-state index in [1.807, 2.05) is 0 Å². The summed E-state index contributed by atoms with van der Waals surface area (Å²) in [6, 6.07) is 8.59. The first-order valence-corrected chi connectivity index (χ1v) is 7.94. The van der Waals surface area contributed by atoms with E-state index >= 15 is 0 Å². The molecule has 1 aliphatic rings. The number of nitrogens with zero attached hydrogens (tertiary/aromatic N) is 2. The fourth-order valence-electron chi connectivity index (χ4n) is 2.59. The maximum atomic E-state index is 6.07. The zero-order chi connectivity index (χ0) is 13.8. The summed E-state index contributed by atoms with van der Waals surface area (Å²) in [5, 5.41) is 13.2. The Balaban J connectivity index is 1.64. The molecule has 0 radical (unpaired) electrons. The molecule has 2 aromatic rings. The highest BCUT2D eigenvalue weighted by atomic mass is 32.1. The number of nitrogens with one attached hydrogen (secondary N) is 1. The Hall–Kier alpha value is -1.46. The number of aryl methyl sites for hydroxylation is 1. The second kappa shape index (κ2) is 6.33. The topological polar surface area (TPSA) is 47.0 Å². The fourth-order valence-corrected chi connectivity index (χ4v) is 3.32. The van der Waals surface area contributed by atoms with E-state index < -0.39 is 0 Å². The minimum Gasteiger partial charge on any atom is -0.366 e. The Morgan fingerprint density at radius 2 is 2.25 bits per heavy atom. The van der Waals surface area contributed by atoms with Gasteiger partial charge in [-0.2, -0.15) is 0 Å². The van der Waals surface area contributed by atoms with Crippen molar-refractivity contribution in [1.29, 1.82) is 0 Å². The predicted molar refractivity (Wildman–Crippen MR) is 81.0 cm³/mol. The quantitative estimate of drug-likeness (QED) is 0.914. The lowest BCUT2D eigenvalue weighted by Gasteiger charge is -2.25. The summed E-state index contributed by atoms with van der Waals surface area (Å²) >= 11 is 1.57. The lowest BCUT2D eigenvalue weighted by Crippen LogP contribution is -2.12. The molecule has 0 saturated carbocycles. The molecule has 1 aromatic carbocycles. The molecule has 4 nitrogen and oxygen atoms in total. The van der Waals surface area contributed by atoms with E-state index in [0.29, 0.717) is 6.61 Å². The Labute approximate surface area is 123 Å². The van der Waals surface area contributed by atoms with Crippen molar-refractivity contribution in [3.05, 3.63) is 40.4 Å². The molecule has 1 atom stereocenters. The normalized spacial score (nSPS) is 17.8.